The van der Waals surface area contributed by atoms with Crippen molar-refractivity contribution in [3.63, 3.8) is 0 Å². The van der Waals surface area contributed by atoms with Crippen LogP contribution in [-0.2, 0) is 4.57 Å². The van der Waals surface area contributed by atoms with E-state index in [0.717, 1.165) is 21.9 Å². The summed E-state index contributed by atoms with van der Waals surface area (Å²) in [5.41, 5.74) is 1.80. The molecule has 0 saturated carbocycles. The van der Waals surface area contributed by atoms with Crippen LogP contribution in [0.3, 0.4) is 0 Å². The molecule has 0 bridgehead atoms. The maximum atomic E-state index is 12.1. The Morgan fingerprint density at radius 3 is 2.74 bits per heavy atom. The number of nitrogens with zero attached hydrogens (tertiary/aromatic N) is 3. The van der Waals surface area contributed by atoms with E-state index < -0.39 is 7.14 Å². The van der Waals surface area contributed by atoms with Crippen LogP contribution >= 0.6 is 7.14 Å². The number of hydrogen-bond donors (Lipinski definition) is 0. The first-order chi connectivity index (χ1) is 9.04. The molecule has 4 nitrogen and oxygen atoms in total. The molecule has 0 radical (unpaired) electrons. The van der Waals surface area contributed by atoms with Crippen molar-refractivity contribution in [3.05, 3.63) is 48.9 Å². The first kappa shape index (κ1) is 12.1. The molecule has 0 spiro atoms. The second kappa shape index (κ2) is 4.32. The molecular formula is C14H14N3OP. The van der Waals surface area contributed by atoms with Crippen LogP contribution in [0.4, 0.5) is 0 Å². The van der Waals surface area contributed by atoms with E-state index in [4.69, 9.17) is 0 Å². The molecule has 0 N–H and O–H groups in total. The fourth-order valence-electron chi connectivity index (χ4n) is 1.97. The van der Waals surface area contributed by atoms with Crippen LogP contribution in [0.5, 0.6) is 0 Å². The van der Waals surface area contributed by atoms with Crippen molar-refractivity contribution in [2.75, 3.05) is 13.3 Å². The largest absolute Gasteiger partial charge is 0.319 e. The molecular weight excluding hydrogens is 257 g/mol. The van der Waals surface area contributed by atoms with Gasteiger partial charge in [-0.05, 0) is 43.7 Å². The van der Waals surface area contributed by atoms with Crippen LogP contribution < -0.4 is 5.30 Å². The van der Waals surface area contributed by atoms with Crippen molar-refractivity contribution < 1.29 is 4.57 Å². The summed E-state index contributed by atoms with van der Waals surface area (Å²) in [4.78, 5) is 4.08. The predicted molar refractivity (Wildman–Crippen MR) is 78.0 cm³/mol. The molecule has 0 aliphatic heterocycles. The number of rotatable bonds is 2. The molecule has 3 aromatic rings. The van der Waals surface area contributed by atoms with E-state index in [9.17, 15) is 4.57 Å². The summed E-state index contributed by atoms with van der Waals surface area (Å²) in [5, 5.41) is 6.36. The van der Waals surface area contributed by atoms with Gasteiger partial charge in [-0.25, -0.2) is 4.68 Å². The van der Waals surface area contributed by atoms with Gasteiger partial charge in [0.25, 0.3) is 0 Å². The Bertz CT molecular complexity index is 774. The van der Waals surface area contributed by atoms with Gasteiger partial charge in [-0.3, -0.25) is 4.98 Å². The molecule has 19 heavy (non-hydrogen) atoms. The number of benzene rings is 1. The fraction of sp³-hybridized carbons (Fsp3) is 0.143. The third kappa shape index (κ3) is 2.32. The molecule has 0 aliphatic carbocycles. The maximum Gasteiger partial charge on any atom is 0.109 e. The summed E-state index contributed by atoms with van der Waals surface area (Å²) < 4.78 is 13.9. The van der Waals surface area contributed by atoms with Crippen molar-refractivity contribution in [2.24, 2.45) is 0 Å². The molecule has 3 rings (SSSR count). The highest BCUT2D eigenvalue weighted by Gasteiger charge is 2.12. The molecule has 1 aromatic carbocycles. The Labute approximate surface area is 111 Å². The highest BCUT2D eigenvalue weighted by molar-refractivity contribution is 7.70. The van der Waals surface area contributed by atoms with Crippen molar-refractivity contribution in [1.82, 2.24) is 14.8 Å². The molecule has 5 heteroatoms. The van der Waals surface area contributed by atoms with Gasteiger partial charge in [0.15, 0.2) is 0 Å². The van der Waals surface area contributed by atoms with Gasteiger partial charge < -0.3 is 4.57 Å². The quantitative estimate of drug-likeness (QED) is 0.673. The lowest BCUT2D eigenvalue weighted by Gasteiger charge is -2.05. The van der Waals surface area contributed by atoms with Crippen molar-refractivity contribution in [1.29, 1.82) is 0 Å². The Kier molecular flexibility index (Phi) is 2.76. The van der Waals surface area contributed by atoms with Gasteiger partial charge in [-0.1, -0.05) is 0 Å². The summed E-state index contributed by atoms with van der Waals surface area (Å²) in [5.74, 6) is 0. The van der Waals surface area contributed by atoms with E-state index in [1.54, 1.807) is 30.4 Å². The molecule has 0 fully saturated rings. The van der Waals surface area contributed by atoms with E-state index in [2.05, 4.69) is 10.1 Å². The summed E-state index contributed by atoms with van der Waals surface area (Å²) in [6.45, 7) is 3.55. The number of hydrogen-bond acceptors (Lipinski definition) is 3. The number of fused-ring (bicyclic) bond motifs is 1. The molecule has 2 aromatic heterocycles. The lowest BCUT2D eigenvalue weighted by atomic mass is 10.3. The minimum atomic E-state index is -2.23. The third-order valence-electron chi connectivity index (χ3n) is 3.02. The zero-order valence-corrected chi connectivity index (χ0v) is 11.7. The van der Waals surface area contributed by atoms with Crippen molar-refractivity contribution >= 4 is 23.3 Å². The standard InChI is InChI=1S/C14H14N3OP/c1-19(2,18)13-5-6-14-11(8-13)10-17(16-14)12-4-3-7-15-9-12/h3-10H,1-2H3. The summed E-state index contributed by atoms with van der Waals surface area (Å²) >= 11 is 0. The van der Waals surface area contributed by atoms with E-state index in [0.29, 0.717) is 0 Å². The lowest BCUT2D eigenvalue weighted by molar-refractivity contribution is 0.588. The Morgan fingerprint density at radius 1 is 1.21 bits per heavy atom. The fourth-order valence-corrected chi connectivity index (χ4v) is 2.85. The minimum Gasteiger partial charge on any atom is -0.319 e. The number of aromatic nitrogens is 3. The van der Waals surface area contributed by atoms with Gasteiger partial charge in [0.2, 0.25) is 0 Å². The van der Waals surface area contributed by atoms with Crippen LogP contribution in [-0.4, -0.2) is 28.1 Å². The molecule has 0 amide bonds. The second-order valence-electron chi connectivity index (χ2n) is 4.88. The van der Waals surface area contributed by atoms with Gasteiger partial charge in [-0.15, -0.1) is 0 Å². The van der Waals surface area contributed by atoms with E-state index in [1.807, 2.05) is 36.5 Å². The topological polar surface area (TPSA) is 47.8 Å². The van der Waals surface area contributed by atoms with Gasteiger partial charge in [0, 0.05) is 23.1 Å². The van der Waals surface area contributed by atoms with E-state index in [-0.39, 0.29) is 0 Å². The maximum absolute atomic E-state index is 12.1. The molecule has 0 unspecified atom stereocenters. The average molecular weight is 271 g/mol. The van der Waals surface area contributed by atoms with Gasteiger partial charge >= 0.3 is 0 Å². The highest BCUT2D eigenvalue weighted by Crippen LogP contribution is 2.35. The minimum absolute atomic E-state index is 0.880. The molecule has 0 aliphatic rings. The van der Waals surface area contributed by atoms with Crippen LogP contribution in [0.2, 0.25) is 0 Å². The second-order valence-corrected chi connectivity index (χ2v) is 8.10. The molecule has 2 heterocycles. The van der Waals surface area contributed by atoms with Crippen LogP contribution in [0.25, 0.3) is 16.6 Å². The monoisotopic (exact) mass is 271 g/mol. The Balaban J connectivity index is 2.14. The van der Waals surface area contributed by atoms with Gasteiger partial charge in [-0.2, -0.15) is 5.10 Å². The summed E-state index contributed by atoms with van der Waals surface area (Å²) in [7, 11) is -2.23. The van der Waals surface area contributed by atoms with Crippen molar-refractivity contribution in [3.8, 4) is 5.69 Å². The smallest absolute Gasteiger partial charge is 0.109 e. The molecule has 96 valence electrons. The zero-order valence-electron chi connectivity index (χ0n) is 10.8. The normalized spacial score (nSPS) is 11.9. The lowest BCUT2D eigenvalue weighted by Crippen LogP contribution is -2.01. The predicted octanol–water partition coefficient (Wildman–Crippen LogP) is 2.67. The number of pyridine rings is 1. The van der Waals surface area contributed by atoms with Crippen LogP contribution in [0.1, 0.15) is 0 Å². The third-order valence-corrected chi connectivity index (χ3v) is 4.54. The molecule has 0 saturated heterocycles. The Hall–Kier alpha value is -1.93. The Morgan fingerprint density at radius 2 is 2.05 bits per heavy atom. The first-order valence-electron chi connectivity index (χ1n) is 5.99. The SMILES string of the molecule is CP(C)(=O)c1ccc2nn(-c3cccnc3)cc2c1. The van der Waals surface area contributed by atoms with E-state index >= 15 is 0 Å². The van der Waals surface area contributed by atoms with Crippen LogP contribution in [0.15, 0.2) is 48.9 Å². The first-order valence-corrected chi connectivity index (χ1v) is 8.59. The zero-order chi connectivity index (χ0) is 13.5. The van der Waals surface area contributed by atoms with Crippen molar-refractivity contribution in [2.45, 2.75) is 0 Å². The summed E-state index contributed by atoms with van der Waals surface area (Å²) in [6, 6.07) is 9.58. The average Bonchev–Trinajstić information content (AvgIpc) is 2.81. The summed E-state index contributed by atoms with van der Waals surface area (Å²) in [6.07, 6.45) is 5.43. The van der Waals surface area contributed by atoms with E-state index in [1.165, 1.54) is 0 Å². The van der Waals surface area contributed by atoms with Gasteiger partial charge in [0.05, 0.1) is 17.4 Å². The van der Waals surface area contributed by atoms with Crippen LogP contribution in [0, 0.1) is 0 Å². The molecule has 0 atom stereocenters. The van der Waals surface area contributed by atoms with Gasteiger partial charge in [0.1, 0.15) is 7.14 Å². The highest BCUT2D eigenvalue weighted by atomic mass is 31.2.